The highest BCUT2D eigenvalue weighted by Gasteiger charge is 2.27. The van der Waals surface area contributed by atoms with Gasteiger partial charge in [0, 0.05) is 50.7 Å². The summed E-state index contributed by atoms with van der Waals surface area (Å²) in [6, 6.07) is 19.1. The van der Waals surface area contributed by atoms with Gasteiger partial charge in [-0.25, -0.2) is 0 Å². The molecule has 1 aromatic heterocycles. The highest BCUT2D eigenvalue weighted by Crippen LogP contribution is 2.27. The number of aromatic nitrogens is 1. The van der Waals surface area contributed by atoms with Gasteiger partial charge in [0.1, 0.15) is 17.5 Å². The van der Waals surface area contributed by atoms with Crippen LogP contribution in [0, 0.1) is 24.2 Å². The van der Waals surface area contributed by atoms with E-state index in [0.717, 1.165) is 50.9 Å². The molecule has 0 spiro atoms. The van der Waals surface area contributed by atoms with Crippen molar-refractivity contribution in [2.75, 3.05) is 31.9 Å². The first-order valence-corrected chi connectivity index (χ1v) is 14.4. The standard InChI is InChI=1S/C33H37N5O3/c1-23-2-9-32(29(35)18-23)41-28-12-16-38(17-13-28)33(40)30-8-7-27(21-36-30)31(39)19-24-10-14-37(15-11-24)22-26-5-3-25(20-34)4-6-26/h2-9,18,21,24,28H,10-17,19,22,35H2,1H3. The van der Waals surface area contributed by atoms with Gasteiger partial charge in [-0.05, 0) is 86.3 Å². The molecule has 1 amide bonds. The number of ketones is 1. The number of benzene rings is 2. The number of nitrogens with two attached hydrogens (primary N) is 1. The molecular weight excluding hydrogens is 514 g/mol. The average Bonchev–Trinajstić information content (AvgIpc) is 3.00. The number of nitrogen functional groups attached to an aromatic ring is 1. The SMILES string of the molecule is Cc1ccc(OC2CCN(C(=O)c3ccc(C(=O)CC4CCN(Cc5ccc(C#N)cc5)CC4)cn3)CC2)c(N)c1. The lowest BCUT2D eigenvalue weighted by molar-refractivity contribution is 0.0590. The summed E-state index contributed by atoms with van der Waals surface area (Å²) in [5, 5.41) is 8.97. The third-order valence-electron chi connectivity index (χ3n) is 8.16. The fraction of sp³-hybridized carbons (Fsp3) is 0.394. The Morgan fingerprint density at radius 3 is 2.37 bits per heavy atom. The number of anilines is 1. The molecule has 2 aliphatic rings. The van der Waals surface area contributed by atoms with Crippen molar-refractivity contribution in [3.63, 3.8) is 0 Å². The third kappa shape index (κ3) is 7.30. The summed E-state index contributed by atoms with van der Waals surface area (Å²) >= 11 is 0. The van der Waals surface area contributed by atoms with Gasteiger partial charge >= 0.3 is 0 Å². The van der Waals surface area contributed by atoms with E-state index in [0.29, 0.717) is 53.7 Å². The smallest absolute Gasteiger partial charge is 0.272 e. The molecule has 2 aliphatic heterocycles. The van der Waals surface area contributed by atoms with Gasteiger partial charge in [-0.1, -0.05) is 18.2 Å². The Morgan fingerprint density at radius 2 is 1.73 bits per heavy atom. The van der Waals surface area contributed by atoms with E-state index in [-0.39, 0.29) is 17.8 Å². The number of hydrogen-bond donors (Lipinski definition) is 1. The Hall–Kier alpha value is -4.22. The summed E-state index contributed by atoms with van der Waals surface area (Å²) in [6.45, 7) is 5.92. The topological polar surface area (TPSA) is 113 Å². The zero-order valence-corrected chi connectivity index (χ0v) is 23.6. The van der Waals surface area contributed by atoms with Crippen molar-refractivity contribution in [1.82, 2.24) is 14.8 Å². The predicted octanol–water partition coefficient (Wildman–Crippen LogP) is 5.01. The minimum atomic E-state index is -0.119. The Labute approximate surface area is 241 Å². The molecule has 8 heteroatoms. The lowest BCUT2D eigenvalue weighted by atomic mass is 9.90. The Bertz CT molecular complexity index is 1400. The Balaban J connectivity index is 1.06. The second-order valence-corrected chi connectivity index (χ2v) is 11.2. The molecule has 0 saturated carbocycles. The van der Waals surface area contributed by atoms with Crippen molar-refractivity contribution in [2.24, 2.45) is 5.92 Å². The molecule has 3 aromatic rings. The molecule has 0 bridgehead atoms. The number of carbonyl (C=O) groups excluding carboxylic acids is 2. The number of carbonyl (C=O) groups is 2. The van der Waals surface area contributed by atoms with Gasteiger partial charge in [-0.2, -0.15) is 5.26 Å². The number of likely N-dealkylation sites (tertiary alicyclic amines) is 2. The zero-order valence-electron chi connectivity index (χ0n) is 23.6. The number of ether oxygens (including phenoxy) is 1. The van der Waals surface area contributed by atoms with Crippen molar-refractivity contribution in [3.8, 4) is 11.8 Å². The largest absolute Gasteiger partial charge is 0.488 e. The van der Waals surface area contributed by atoms with Crippen LogP contribution in [0.15, 0.2) is 60.8 Å². The molecule has 2 aromatic carbocycles. The maximum absolute atomic E-state index is 13.0. The van der Waals surface area contributed by atoms with Gasteiger partial charge in [-0.15, -0.1) is 0 Å². The number of rotatable bonds is 8. The number of hydrogen-bond acceptors (Lipinski definition) is 7. The van der Waals surface area contributed by atoms with Crippen LogP contribution in [0.25, 0.3) is 0 Å². The van der Waals surface area contributed by atoms with Gasteiger partial charge in [0.2, 0.25) is 0 Å². The van der Waals surface area contributed by atoms with Crippen LogP contribution >= 0.6 is 0 Å². The highest BCUT2D eigenvalue weighted by molar-refractivity contribution is 5.97. The number of amides is 1. The fourth-order valence-electron chi connectivity index (χ4n) is 5.65. The lowest BCUT2D eigenvalue weighted by Crippen LogP contribution is -2.42. The van der Waals surface area contributed by atoms with Crippen LogP contribution in [0.4, 0.5) is 5.69 Å². The molecule has 0 radical (unpaired) electrons. The average molecular weight is 552 g/mol. The second-order valence-electron chi connectivity index (χ2n) is 11.2. The lowest BCUT2D eigenvalue weighted by Gasteiger charge is -2.32. The zero-order chi connectivity index (χ0) is 28.8. The van der Waals surface area contributed by atoms with Crippen molar-refractivity contribution < 1.29 is 14.3 Å². The van der Waals surface area contributed by atoms with Gasteiger partial charge in [0.25, 0.3) is 5.91 Å². The van der Waals surface area contributed by atoms with Crippen molar-refractivity contribution in [2.45, 2.75) is 51.7 Å². The first-order chi connectivity index (χ1) is 19.9. The van der Waals surface area contributed by atoms with Crippen molar-refractivity contribution >= 4 is 17.4 Å². The highest BCUT2D eigenvalue weighted by atomic mass is 16.5. The van der Waals surface area contributed by atoms with Gasteiger partial charge in [-0.3, -0.25) is 19.5 Å². The van der Waals surface area contributed by atoms with Crippen LogP contribution in [0.3, 0.4) is 0 Å². The minimum Gasteiger partial charge on any atom is -0.488 e. The first-order valence-electron chi connectivity index (χ1n) is 14.4. The number of pyridine rings is 1. The molecule has 0 atom stereocenters. The number of nitriles is 1. The molecule has 8 nitrogen and oxygen atoms in total. The summed E-state index contributed by atoms with van der Waals surface area (Å²) in [5.41, 5.74) is 10.6. The number of Topliss-reactive ketones (excluding diaryl/α,β-unsaturated/α-hetero) is 1. The van der Waals surface area contributed by atoms with E-state index in [9.17, 15) is 9.59 Å². The molecule has 0 unspecified atom stereocenters. The Kier molecular flexibility index (Phi) is 8.95. The van der Waals surface area contributed by atoms with Crippen LogP contribution in [0.5, 0.6) is 5.75 Å². The maximum atomic E-state index is 13.0. The molecular formula is C33H37N5O3. The number of nitrogens with zero attached hydrogens (tertiary/aromatic N) is 4. The van der Waals surface area contributed by atoms with Crippen LogP contribution in [-0.4, -0.2) is 58.8 Å². The molecule has 0 aliphatic carbocycles. The molecule has 41 heavy (non-hydrogen) atoms. The Morgan fingerprint density at radius 1 is 1.00 bits per heavy atom. The molecule has 2 N–H and O–H groups in total. The maximum Gasteiger partial charge on any atom is 0.272 e. The van der Waals surface area contributed by atoms with E-state index < -0.39 is 0 Å². The van der Waals surface area contributed by atoms with Crippen LogP contribution in [-0.2, 0) is 6.54 Å². The summed E-state index contributed by atoms with van der Waals surface area (Å²) in [7, 11) is 0. The van der Waals surface area contributed by atoms with Crippen LogP contribution in [0.1, 0.15) is 69.6 Å². The normalized spacial score (nSPS) is 16.7. The quantitative estimate of drug-likeness (QED) is 0.309. The van der Waals surface area contributed by atoms with Gasteiger partial charge in [0.05, 0.1) is 17.3 Å². The van der Waals surface area contributed by atoms with E-state index in [1.165, 1.54) is 5.56 Å². The van der Waals surface area contributed by atoms with Crippen molar-refractivity contribution in [1.29, 1.82) is 5.26 Å². The molecule has 5 rings (SSSR count). The number of piperidine rings is 2. The van der Waals surface area contributed by atoms with Gasteiger partial charge < -0.3 is 15.4 Å². The monoisotopic (exact) mass is 551 g/mol. The molecule has 3 heterocycles. The summed E-state index contributed by atoms with van der Waals surface area (Å²) in [6.07, 6.45) is 5.46. The summed E-state index contributed by atoms with van der Waals surface area (Å²) in [5.74, 6) is 0.998. The fourth-order valence-corrected chi connectivity index (χ4v) is 5.65. The summed E-state index contributed by atoms with van der Waals surface area (Å²) < 4.78 is 6.09. The summed E-state index contributed by atoms with van der Waals surface area (Å²) in [4.78, 5) is 34.6. The first kappa shape index (κ1) is 28.3. The van der Waals surface area contributed by atoms with Crippen LogP contribution in [0.2, 0.25) is 0 Å². The van der Waals surface area contributed by atoms with E-state index >= 15 is 0 Å². The molecule has 212 valence electrons. The van der Waals surface area contributed by atoms with E-state index in [1.807, 2.05) is 49.4 Å². The number of aryl methyl sites for hydroxylation is 1. The molecule has 2 fully saturated rings. The minimum absolute atomic E-state index is 0.0137. The van der Waals surface area contributed by atoms with Gasteiger partial charge in [0.15, 0.2) is 5.78 Å². The van der Waals surface area contributed by atoms with Crippen LogP contribution < -0.4 is 10.5 Å². The third-order valence-corrected chi connectivity index (χ3v) is 8.16. The second kappa shape index (κ2) is 13.0. The van der Waals surface area contributed by atoms with E-state index in [2.05, 4.69) is 16.0 Å². The van der Waals surface area contributed by atoms with E-state index in [4.69, 9.17) is 15.7 Å². The predicted molar refractivity (Wildman–Crippen MR) is 157 cm³/mol. The van der Waals surface area contributed by atoms with E-state index in [1.54, 1.807) is 23.2 Å². The van der Waals surface area contributed by atoms with Crippen molar-refractivity contribution in [3.05, 3.63) is 88.7 Å². The molecule has 2 saturated heterocycles.